The fourth-order valence-corrected chi connectivity index (χ4v) is 1.37. The molecule has 0 aliphatic carbocycles. The molecule has 82 valence electrons. The third-order valence-electron chi connectivity index (χ3n) is 2.21. The molecule has 0 bridgehead atoms. The van der Waals surface area contributed by atoms with Crippen molar-refractivity contribution in [2.24, 2.45) is 18.8 Å². The number of esters is 1. The van der Waals surface area contributed by atoms with Crippen LogP contribution in [0.3, 0.4) is 0 Å². The zero-order valence-corrected chi connectivity index (χ0v) is 7.86. The van der Waals surface area contributed by atoms with Gasteiger partial charge in [-0.2, -0.15) is 0 Å². The molecule has 4 heteroatoms. The number of hydrogen-bond donors (Lipinski definition) is 0. The Morgan fingerprint density at radius 1 is 1.93 bits per heavy atom. The van der Waals surface area contributed by atoms with E-state index in [1.807, 2.05) is 0 Å². The van der Waals surface area contributed by atoms with Crippen LogP contribution in [0.4, 0.5) is 0 Å². The van der Waals surface area contributed by atoms with Gasteiger partial charge in [-0.25, -0.2) is 4.98 Å². The summed E-state index contributed by atoms with van der Waals surface area (Å²) in [6.45, 7) is -5.98. The van der Waals surface area contributed by atoms with Gasteiger partial charge in [-0.05, 0) is 12.8 Å². The van der Waals surface area contributed by atoms with Gasteiger partial charge in [0, 0.05) is 37.1 Å². The Balaban J connectivity index is 2.51. The van der Waals surface area contributed by atoms with E-state index in [0.29, 0.717) is 4.57 Å². The average Bonchev–Trinajstić information content (AvgIpc) is 2.98. The Kier molecular flexibility index (Phi) is 1.06. The van der Waals surface area contributed by atoms with Gasteiger partial charge in [0.1, 0.15) is 0 Å². The Hall–Kier alpha value is -1.32. The molecule has 0 unspecified atom stereocenters. The highest BCUT2D eigenvalue weighted by Gasteiger charge is 2.35. The Labute approximate surface area is 102 Å². The smallest absolute Gasteiger partial charge is 0.309 e. The van der Waals surface area contributed by atoms with Crippen molar-refractivity contribution in [3.05, 3.63) is 18.2 Å². The molecule has 0 radical (unpaired) electrons. The van der Waals surface area contributed by atoms with Gasteiger partial charge in [-0.3, -0.25) is 4.79 Å². The number of carbonyl (C=O) groups excluding carboxylic acids is 1. The van der Waals surface area contributed by atoms with Crippen molar-refractivity contribution in [1.29, 1.82) is 0 Å². The summed E-state index contributed by atoms with van der Waals surface area (Å²) < 4.78 is 74.5. The standard InChI is InChI=1S/C11H16N2O2/c1-3-10-8(6-15-11(10)14)4-9-5-12-7-13(9)2/h5,7-8,10H,3-4,6H2,1-2H3/t8-,10-/m0/s1/i1D3,2D3,4D2,8D. The highest BCUT2D eigenvalue weighted by Crippen LogP contribution is 2.27. The second-order valence-electron chi connectivity index (χ2n) is 3.16. The molecule has 0 aromatic carbocycles. The molecule has 2 atom stereocenters. The summed E-state index contributed by atoms with van der Waals surface area (Å²) in [5.74, 6) is -4.83. The maximum Gasteiger partial charge on any atom is 0.309 e. The number of aryl methyl sites for hydroxylation is 1. The molecular weight excluding hydrogens is 192 g/mol. The van der Waals surface area contributed by atoms with Crippen LogP contribution in [0.1, 0.15) is 31.3 Å². The molecule has 0 N–H and O–H groups in total. The number of cyclic esters (lactones) is 1. The topological polar surface area (TPSA) is 44.1 Å². The lowest BCUT2D eigenvalue weighted by Gasteiger charge is -2.12. The van der Waals surface area contributed by atoms with E-state index in [2.05, 4.69) is 4.98 Å². The third-order valence-corrected chi connectivity index (χ3v) is 2.21. The first-order chi connectivity index (χ1) is 10.7. The van der Waals surface area contributed by atoms with E-state index in [4.69, 9.17) is 17.1 Å². The van der Waals surface area contributed by atoms with Gasteiger partial charge in [-0.15, -0.1) is 0 Å². The molecule has 0 saturated carbocycles. The molecule has 1 fully saturated rings. The summed E-state index contributed by atoms with van der Waals surface area (Å²) in [6.07, 6.45) is -1.56. The summed E-state index contributed by atoms with van der Waals surface area (Å²) in [7, 11) is 0. The van der Waals surface area contributed by atoms with Crippen molar-refractivity contribution >= 4 is 5.97 Å². The minimum atomic E-state index is -2.74. The van der Waals surface area contributed by atoms with Gasteiger partial charge < -0.3 is 9.30 Å². The van der Waals surface area contributed by atoms with Crippen LogP contribution in [0.2, 0.25) is 0 Å². The Morgan fingerprint density at radius 3 is 3.67 bits per heavy atom. The van der Waals surface area contributed by atoms with Crippen LogP contribution in [0.25, 0.3) is 0 Å². The molecule has 4 nitrogen and oxygen atoms in total. The summed E-state index contributed by atoms with van der Waals surface area (Å²) in [5, 5.41) is 0. The SMILES string of the molecule is [2H]C([2H])([2H])C[C@@H]1C(=O)OC[C@]1([2H])C([2H])([2H])c1cncn1C([2H])([2H])[2H]. The zero-order chi connectivity index (χ0) is 18.6. The average molecular weight is 217 g/mol. The van der Waals surface area contributed by atoms with Crippen LogP contribution in [0.15, 0.2) is 12.5 Å². The van der Waals surface area contributed by atoms with E-state index in [0.717, 1.165) is 12.5 Å². The quantitative estimate of drug-likeness (QED) is 0.714. The van der Waals surface area contributed by atoms with E-state index in [9.17, 15) is 4.79 Å². The monoisotopic (exact) mass is 217 g/mol. The summed E-state index contributed by atoms with van der Waals surface area (Å²) in [4.78, 5) is 15.5. The van der Waals surface area contributed by atoms with Gasteiger partial charge in [0.05, 0.1) is 18.9 Å². The second-order valence-corrected chi connectivity index (χ2v) is 3.16. The van der Waals surface area contributed by atoms with E-state index < -0.39 is 56.7 Å². The molecule has 2 heterocycles. The molecule has 15 heavy (non-hydrogen) atoms. The van der Waals surface area contributed by atoms with Gasteiger partial charge in [0.15, 0.2) is 0 Å². The van der Waals surface area contributed by atoms with Crippen molar-refractivity contribution in [2.75, 3.05) is 6.61 Å². The number of ether oxygens (including phenoxy) is 1. The molecule has 1 aliphatic heterocycles. The zero-order valence-electron chi connectivity index (χ0n) is 16.9. The second kappa shape index (κ2) is 4.04. The first kappa shape index (κ1) is 3.92. The van der Waals surface area contributed by atoms with Crippen LogP contribution in [-0.4, -0.2) is 22.1 Å². The minimum absolute atomic E-state index is 0.439. The van der Waals surface area contributed by atoms with E-state index in [-0.39, 0.29) is 0 Å². The van der Waals surface area contributed by atoms with E-state index >= 15 is 0 Å². The van der Waals surface area contributed by atoms with E-state index in [1.54, 1.807) is 0 Å². The fraction of sp³-hybridized carbons (Fsp3) is 0.636. The maximum atomic E-state index is 11.9. The van der Waals surface area contributed by atoms with Gasteiger partial charge in [-0.1, -0.05) is 6.85 Å². The molecule has 0 spiro atoms. The normalized spacial score (nSPS) is 42.0. The Bertz CT molecular complexity index is 636. The highest BCUT2D eigenvalue weighted by molar-refractivity contribution is 5.74. The minimum Gasteiger partial charge on any atom is -0.465 e. The van der Waals surface area contributed by atoms with Gasteiger partial charge in [0.25, 0.3) is 0 Å². The van der Waals surface area contributed by atoms with Gasteiger partial charge in [0.2, 0.25) is 0 Å². The predicted octanol–water partition coefficient (Wildman–Crippen LogP) is 1.16. The number of carbonyl (C=O) groups is 1. The lowest BCUT2D eigenvalue weighted by molar-refractivity contribution is -0.141. The van der Waals surface area contributed by atoms with Crippen molar-refractivity contribution in [3.63, 3.8) is 0 Å². The number of rotatable bonds is 3. The largest absolute Gasteiger partial charge is 0.465 e. The molecule has 1 aromatic rings. The van der Waals surface area contributed by atoms with Crippen LogP contribution in [0.5, 0.6) is 0 Å². The lowest BCUT2D eigenvalue weighted by atomic mass is 9.89. The maximum absolute atomic E-state index is 11.9. The fourth-order valence-electron chi connectivity index (χ4n) is 1.37. The highest BCUT2D eigenvalue weighted by atomic mass is 16.5. The molecule has 1 aliphatic rings. The first-order valence-corrected chi connectivity index (χ1v) is 4.40. The van der Waals surface area contributed by atoms with Crippen LogP contribution in [0, 0.1) is 11.8 Å². The molecule has 0 amide bonds. The predicted molar refractivity (Wildman–Crippen MR) is 55.1 cm³/mol. The number of nitrogens with zero attached hydrogens (tertiary/aromatic N) is 2. The number of hydrogen-bond acceptors (Lipinski definition) is 3. The Morgan fingerprint density at radius 2 is 2.87 bits per heavy atom. The molecule has 1 saturated heterocycles. The lowest BCUT2D eigenvalue weighted by Crippen LogP contribution is -2.18. The third kappa shape index (κ3) is 1.89. The van der Waals surface area contributed by atoms with Crippen LogP contribution >= 0.6 is 0 Å². The van der Waals surface area contributed by atoms with Gasteiger partial charge >= 0.3 is 5.97 Å². The van der Waals surface area contributed by atoms with Crippen molar-refractivity contribution < 1.29 is 21.9 Å². The van der Waals surface area contributed by atoms with Crippen molar-refractivity contribution in [2.45, 2.75) is 19.6 Å². The molecule has 1 aromatic heterocycles. The number of aromatic nitrogens is 2. The van der Waals surface area contributed by atoms with Crippen LogP contribution < -0.4 is 0 Å². The van der Waals surface area contributed by atoms with Crippen LogP contribution in [-0.2, 0) is 22.9 Å². The molecule has 2 rings (SSSR count). The van der Waals surface area contributed by atoms with Crippen molar-refractivity contribution in [3.8, 4) is 0 Å². The number of imidazole rings is 1. The summed E-state index contributed by atoms with van der Waals surface area (Å²) in [5.41, 5.74) is -0.439. The van der Waals surface area contributed by atoms with Crippen molar-refractivity contribution in [1.82, 2.24) is 9.55 Å². The summed E-state index contributed by atoms with van der Waals surface area (Å²) >= 11 is 0. The molecular formula is C11H16N2O2. The summed E-state index contributed by atoms with van der Waals surface area (Å²) in [6, 6.07) is 0. The van der Waals surface area contributed by atoms with E-state index in [1.165, 1.54) is 0 Å². The first-order valence-electron chi connectivity index (χ1n) is 8.90.